The van der Waals surface area contributed by atoms with Gasteiger partial charge < -0.3 is 4.74 Å². The molecule has 0 bridgehead atoms. The van der Waals surface area contributed by atoms with Gasteiger partial charge in [-0.25, -0.2) is 0 Å². The van der Waals surface area contributed by atoms with Gasteiger partial charge in [-0.05, 0) is 5.56 Å². The van der Waals surface area contributed by atoms with E-state index in [-0.39, 0.29) is 0 Å². The maximum Gasteiger partial charge on any atom is 0.107 e. The van der Waals surface area contributed by atoms with Crippen LogP contribution in [0, 0.1) is 0 Å². The van der Waals surface area contributed by atoms with Crippen molar-refractivity contribution < 1.29 is 4.74 Å². The Hall–Kier alpha value is -0.795. The van der Waals surface area contributed by atoms with Crippen LogP contribution in [0.2, 0.25) is 0 Å². The van der Waals surface area contributed by atoms with Gasteiger partial charge in [0.2, 0.25) is 0 Å². The van der Waals surface area contributed by atoms with Crippen LogP contribution in [0.4, 0.5) is 0 Å². The van der Waals surface area contributed by atoms with E-state index in [1.807, 2.05) is 0 Å². The summed E-state index contributed by atoms with van der Waals surface area (Å²) in [4.78, 5) is 2.45. The number of ether oxygens (including phenoxy) is 1. The molecule has 2 nitrogen and oxygen atoms in total. The molecule has 0 atom stereocenters. The van der Waals surface area contributed by atoms with Crippen LogP contribution in [0.15, 0.2) is 24.3 Å². The maximum atomic E-state index is 5.33. The third-order valence-corrected chi connectivity index (χ3v) is 2.94. The molecule has 1 heterocycles. The highest BCUT2D eigenvalue weighted by Gasteiger charge is 2.10. The summed E-state index contributed by atoms with van der Waals surface area (Å²) >= 11 is 0. The largest absolute Gasteiger partial charge is 0.379 e. The molecule has 0 aromatic heterocycles. The fourth-order valence-electron chi connectivity index (χ4n) is 1.90. The molecule has 0 saturated carbocycles. The second kappa shape index (κ2) is 5.33. The van der Waals surface area contributed by atoms with Crippen molar-refractivity contribution in [2.24, 2.45) is 0 Å². The van der Waals surface area contributed by atoms with Crippen molar-refractivity contribution in [1.29, 1.82) is 0 Å². The van der Waals surface area contributed by atoms with Crippen LogP contribution < -0.4 is 0 Å². The normalized spacial score (nSPS) is 17.9. The van der Waals surface area contributed by atoms with Gasteiger partial charge in [0.25, 0.3) is 0 Å². The Morgan fingerprint density at radius 1 is 1.07 bits per heavy atom. The Morgan fingerprint density at radius 2 is 1.67 bits per heavy atom. The van der Waals surface area contributed by atoms with Gasteiger partial charge in [-0.15, -0.1) is 0 Å². The van der Waals surface area contributed by atoms with Gasteiger partial charge in [0.1, 0.15) is 7.85 Å². The molecule has 1 aliphatic heterocycles. The molecule has 3 heteroatoms. The molecule has 0 aliphatic carbocycles. The zero-order valence-corrected chi connectivity index (χ0v) is 9.41. The molecule has 0 spiro atoms. The third-order valence-electron chi connectivity index (χ3n) is 2.94. The Bertz CT molecular complexity index is 293. The van der Waals surface area contributed by atoms with Gasteiger partial charge in [-0.2, -0.15) is 0 Å². The van der Waals surface area contributed by atoms with Crippen molar-refractivity contribution in [1.82, 2.24) is 4.90 Å². The summed E-state index contributed by atoms with van der Waals surface area (Å²) in [5.41, 5.74) is 2.83. The minimum absolute atomic E-state index is 0.882. The van der Waals surface area contributed by atoms with E-state index in [4.69, 9.17) is 4.74 Å². The summed E-state index contributed by atoms with van der Waals surface area (Å²) in [5, 5.41) is 0. The summed E-state index contributed by atoms with van der Waals surface area (Å²) in [6.07, 6.45) is 1.12. The van der Waals surface area contributed by atoms with Crippen LogP contribution in [0.5, 0.6) is 0 Å². The van der Waals surface area contributed by atoms with Crippen molar-refractivity contribution in [3.05, 3.63) is 35.4 Å². The Kier molecular flexibility index (Phi) is 3.81. The average Bonchev–Trinajstić information content (AvgIpc) is 2.31. The number of benzene rings is 1. The minimum Gasteiger partial charge on any atom is -0.379 e. The van der Waals surface area contributed by atoms with Crippen molar-refractivity contribution in [3.8, 4) is 0 Å². The first-order valence-electron chi connectivity index (χ1n) is 5.76. The van der Waals surface area contributed by atoms with Gasteiger partial charge in [0.15, 0.2) is 0 Å². The lowest BCUT2D eigenvalue weighted by atomic mass is 9.96. The average molecular weight is 203 g/mol. The fourth-order valence-corrected chi connectivity index (χ4v) is 1.90. The van der Waals surface area contributed by atoms with Crippen LogP contribution in [-0.4, -0.2) is 39.0 Å². The second-order valence-corrected chi connectivity index (χ2v) is 4.06. The van der Waals surface area contributed by atoms with Crippen molar-refractivity contribution in [2.75, 3.05) is 26.3 Å². The van der Waals surface area contributed by atoms with Gasteiger partial charge in [-0.1, -0.05) is 36.1 Å². The van der Waals surface area contributed by atoms with Crippen molar-refractivity contribution >= 4 is 7.85 Å². The molecular weight excluding hydrogens is 185 g/mol. The zero-order valence-electron chi connectivity index (χ0n) is 9.41. The summed E-state index contributed by atoms with van der Waals surface area (Å²) in [6, 6.07) is 8.95. The van der Waals surface area contributed by atoms with Gasteiger partial charge in [-0.3, -0.25) is 4.90 Å². The number of hydrogen-bond donors (Lipinski definition) is 0. The highest BCUT2D eigenvalue weighted by molar-refractivity contribution is 6.08. The molecule has 1 aromatic rings. The van der Waals surface area contributed by atoms with Gasteiger partial charge >= 0.3 is 0 Å². The SMILES string of the molecule is BCc1ccc(CN2CCOCC2)cc1. The maximum absolute atomic E-state index is 5.33. The standard InChI is InChI=1S/C12H18BNO/c13-9-11-1-3-12(4-2-11)10-14-5-7-15-8-6-14/h1-4H,5-10,13H2. The number of rotatable bonds is 3. The molecule has 0 N–H and O–H groups in total. The van der Waals surface area contributed by atoms with E-state index in [1.165, 1.54) is 11.1 Å². The topological polar surface area (TPSA) is 12.5 Å². The van der Waals surface area contributed by atoms with Crippen molar-refractivity contribution in [2.45, 2.75) is 12.9 Å². The first-order valence-corrected chi connectivity index (χ1v) is 5.76. The van der Waals surface area contributed by atoms with Crippen molar-refractivity contribution in [3.63, 3.8) is 0 Å². The summed E-state index contributed by atoms with van der Waals surface area (Å²) in [6.45, 7) is 4.96. The fraction of sp³-hybridized carbons (Fsp3) is 0.500. The quantitative estimate of drug-likeness (QED) is 0.669. The molecule has 2 rings (SSSR count). The van der Waals surface area contributed by atoms with E-state index in [1.54, 1.807) is 0 Å². The predicted molar refractivity (Wildman–Crippen MR) is 64.8 cm³/mol. The Labute approximate surface area is 92.6 Å². The number of hydrogen-bond acceptors (Lipinski definition) is 2. The molecule has 80 valence electrons. The van der Waals surface area contributed by atoms with E-state index >= 15 is 0 Å². The smallest absolute Gasteiger partial charge is 0.107 e. The lowest BCUT2D eigenvalue weighted by Crippen LogP contribution is -2.35. The van der Waals surface area contributed by atoms with E-state index in [0.29, 0.717) is 0 Å². The van der Waals surface area contributed by atoms with E-state index in [9.17, 15) is 0 Å². The van der Waals surface area contributed by atoms with Crippen LogP contribution >= 0.6 is 0 Å². The van der Waals surface area contributed by atoms with E-state index < -0.39 is 0 Å². The number of morpholine rings is 1. The lowest BCUT2D eigenvalue weighted by molar-refractivity contribution is 0.0342. The van der Waals surface area contributed by atoms with Gasteiger partial charge in [0, 0.05) is 19.6 Å². The first kappa shape index (κ1) is 10.7. The summed E-state index contributed by atoms with van der Waals surface area (Å²) < 4.78 is 5.33. The van der Waals surface area contributed by atoms with Crippen LogP contribution in [0.1, 0.15) is 11.1 Å². The molecule has 0 radical (unpaired) electrons. The van der Waals surface area contributed by atoms with Crippen LogP contribution in [0.25, 0.3) is 0 Å². The molecule has 0 unspecified atom stereocenters. The molecule has 1 fully saturated rings. The third kappa shape index (κ3) is 3.08. The van der Waals surface area contributed by atoms with Crippen LogP contribution in [0.3, 0.4) is 0 Å². The summed E-state index contributed by atoms with van der Waals surface area (Å²) in [5.74, 6) is 0. The summed E-state index contributed by atoms with van der Waals surface area (Å²) in [7, 11) is 2.19. The van der Waals surface area contributed by atoms with E-state index in [2.05, 4.69) is 37.0 Å². The highest BCUT2D eigenvalue weighted by Crippen LogP contribution is 2.08. The molecule has 0 amide bonds. The predicted octanol–water partition coefficient (Wildman–Crippen LogP) is 0.652. The molecule has 15 heavy (non-hydrogen) atoms. The molecular formula is C12H18BNO. The number of nitrogens with zero attached hydrogens (tertiary/aromatic N) is 1. The van der Waals surface area contributed by atoms with Crippen LogP contribution in [-0.2, 0) is 17.6 Å². The lowest BCUT2D eigenvalue weighted by Gasteiger charge is -2.26. The monoisotopic (exact) mass is 203 g/mol. The highest BCUT2D eigenvalue weighted by atomic mass is 16.5. The van der Waals surface area contributed by atoms with Gasteiger partial charge in [0.05, 0.1) is 13.2 Å². The molecule has 1 aliphatic rings. The zero-order chi connectivity index (χ0) is 10.5. The van der Waals surface area contributed by atoms with E-state index in [0.717, 1.165) is 39.2 Å². The first-order chi connectivity index (χ1) is 7.38. The Morgan fingerprint density at radius 3 is 2.27 bits per heavy atom. The minimum atomic E-state index is 0.882. The molecule has 1 aromatic carbocycles. The Balaban J connectivity index is 1.91. The molecule has 1 saturated heterocycles. The second-order valence-electron chi connectivity index (χ2n) is 4.06.